The topological polar surface area (TPSA) is 73.6 Å². The van der Waals surface area contributed by atoms with E-state index in [2.05, 4.69) is 20.7 Å². The van der Waals surface area contributed by atoms with Crippen molar-refractivity contribution in [1.29, 1.82) is 0 Å². The zero-order valence-electron chi connectivity index (χ0n) is 14.1. The van der Waals surface area contributed by atoms with Crippen LogP contribution in [0.1, 0.15) is 23.9 Å². The fraction of sp³-hybridized carbons (Fsp3) is 0.444. The van der Waals surface area contributed by atoms with Crippen molar-refractivity contribution in [2.75, 3.05) is 26.2 Å². The number of rotatable bonds is 4. The summed E-state index contributed by atoms with van der Waals surface area (Å²) in [4.78, 5) is 21.4. The monoisotopic (exact) mass is 341 g/mol. The predicted molar refractivity (Wildman–Crippen MR) is 92.2 cm³/mol. The fourth-order valence-corrected chi connectivity index (χ4v) is 3.46. The summed E-state index contributed by atoms with van der Waals surface area (Å²) in [5.41, 5.74) is 7.35. The van der Waals surface area contributed by atoms with Crippen LogP contribution in [0.4, 0.5) is 0 Å². The second-order valence-corrected chi connectivity index (χ2v) is 6.57. The van der Waals surface area contributed by atoms with Gasteiger partial charge in [-0.2, -0.15) is 0 Å². The minimum atomic E-state index is -0.197. The van der Waals surface area contributed by atoms with Gasteiger partial charge < -0.3 is 9.32 Å². The van der Waals surface area contributed by atoms with Crippen LogP contribution in [0.15, 0.2) is 47.2 Å². The summed E-state index contributed by atoms with van der Waals surface area (Å²) in [7, 11) is 0. The second kappa shape index (κ2) is 7.35. The molecule has 1 amide bonds. The van der Waals surface area contributed by atoms with Crippen LogP contribution in [0.3, 0.4) is 0 Å². The summed E-state index contributed by atoms with van der Waals surface area (Å²) in [5.74, 6) is 1.03. The molecular formula is C18H23N5O2. The lowest BCUT2D eigenvalue weighted by atomic mass is 10.1. The van der Waals surface area contributed by atoms with E-state index in [0.29, 0.717) is 6.42 Å². The van der Waals surface area contributed by atoms with Crippen LogP contribution < -0.4 is 10.9 Å². The third kappa shape index (κ3) is 3.73. The third-order valence-corrected chi connectivity index (χ3v) is 4.88. The molecule has 2 aromatic heterocycles. The van der Waals surface area contributed by atoms with Crippen molar-refractivity contribution in [1.82, 2.24) is 25.6 Å². The lowest BCUT2D eigenvalue weighted by Gasteiger charge is -2.35. The molecule has 2 N–H and O–H groups in total. The van der Waals surface area contributed by atoms with E-state index in [1.807, 2.05) is 41.4 Å². The van der Waals surface area contributed by atoms with E-state index >= 15 is 0 Å². The zero-order valence-corrected chi connectivity index (χ0v) is 14.1. The molecule has 0 spiro atoms. The number of pyridine rings is 1. The summed E-state index contributed by atoms with van der Waals surface area (Å²) in [6.07, 6.45) is 4.19. The largest absolute Gasteiger partial charge is 0.468 e. The number of furan rings is 1. The minimum absolute atomic E-state index is 0.0504. The second-order valence-electron chi connectivity index (χ2n) is 6.57. The van der Waals surface area contributed by atoms with Crippen LogP contribution >= 0.6 is 0 Å². The van der Waals surface area contributed by atoms with E-state index in [1.165, 1.54) is 0 Å². The lowest BCUT2D eigenvalue weighted by Crippen LogP contribution is -2.53. The van der Waals surface area contributed by atoms with Crippen LogP contribution in [-0.4, -0.2) is 52.9 Å². The van der Waals surface area contributed by atoms with Gasteiger partial charge in [-0.3, -0.25) is 14.7 Å². The van der Waals surface area contributed by atoms with Gasteiger partial charge in [0.25, 0.3) is 0 Å². The normalized spacial score (nSPS) is 24.6. The van der Waals surface area contributed by atoms with Gasteiger partial charge in [-0.05, 0) is 30.7 Å². The number of piperazine rings is 1. The molecule has 25 heavy (non-hydrogen) atoms. The maximum atomic E-state index is 12.7. The molecule has 2 aliphatic heterocycles. The predicted octanol–water partition coefficient (Wildman–Crippen LogP) is 0.927. The van der Waals surface area contributed by atoms with Gasteiger partial charge in [0.1, 0.15) is 11.8 Å². The first-order valence-electron chi connectivity index (χ1n) is 8.75. The summed E-state index contributed by atoms with van der Waals surface area (Å²) >= 11 is 0. The molecule has 0 saturated carbocycles. The molecule has 0 radical (unpaired) electrons. The van der Waals surface area contributed by atoms with Crippen LogP contribution in [0.25, 0.3) is 0 Å². The van der Waals surface area contributed by atoms with Gasteiger partial charge in [-0.1, -0.05) is 6.07 Å². The highest BCUT2D eigenvalue weighted by Gasteiger charge is 2.35. The van der Waals surface area contributed by atoms with Gasteiger partial charge >= 0.3 is 0 Å². The van der Waals surface area contributed by atoms with Gasteiger partial charge in [-0.25, -0.2) is 10.9 Å². The molecule has 132 valence electrons. The minimum Gasteiger partial charge on any atom is -0.468 e. The molecule has 2 unspecified atom stereocenters. The number of nitrogens with zero attached hydrogens (tertiary/aromatic N) is 3. The zero-order chi connectivity index (χ0) is 17.1. The quantitative estimate of drug-likeness (QED) is 0.862. The first-order valence-corrected chi connectivity index (χ1v) is 8.75. The standard InChI is InChI=1S/C18H23N5O2/c24-18(16-12-15(20-21-16)17-5-3-11-25-17)23-9-7-22(8-10-23)13-14-4-1-2-6-19-14/h1-6,11,15-16,20-21H,7-10,12-13H2. The first-order chi connectivity index (χ1) is 12.3. The molecule has 0 aromatic carbocycles. The number of carbonyl (C=O) groups is 1. The van der Waals surface area contributed by atoms with E-state index < -0.39 is 0 Å². The molecule has 2 saturated heterocycles. The lowest BCUT2D eigenvalue weighted by molar-refractivity contribution is -0.135. The van der Waals surface area contributed by atoms with Gasteiger partial charge in [0.05, 0.1) is 18.0 Å². The average Bonchev–Trinajstić information content (AvgIpc) is 3.34. The van der Waals surface area contributed by atoms with E-state index in [-0.39, 0.29) is 18.0 Å². The number of hydrogen-bond acceptors (Lipinski definition) is 6. The first kappa shape index (κ1) is 16.3. The molecule has 2 atom stereocenters. The van der Waals surface area contributed by atoms with Crippen molar-refractivity contribution >= 4 is 5.91 Å². The average molecular weight is 341 g/mol. The molecule has 2 fully saturated rings. The number of hydrogen-bond donors (Lipinski definition) is 2. The van der Waals surface area contributed by atoms with E-state index in [9.17, 15) is 4.79 Å². The summed E-state index contributed by atoms with van der Waals surface area (Å²) in [6.45, 7) is 4.12. The molecule has 2 aliphatic rings. The molecule has 0 aliphatic carbocycles. The third-order valence-electron chi connectivity index (χ3n) is 4.88. The summed E-state index contributed by atoms with van der Waals surface area (Å²) in [6, 6.07) is 9.64. The SMILES string of the molecule is O=C(C1CC(c2ccco2)NN1)N1CCN(Cc2ccccn2)CC1. The number of hydrazine groups is 1. The summed E-state index contributed by atoms with van der Waals surface area (Å²) < 4.78 is 5.42. The number of carbonyl (C=O) groups excluding carboxylic acids is 1. The summed E-state index contributed by atoms with van der Waals surface area (Å²) in [5, 5.41) is 0. The Bertz CT molecular complexity index is 683. The van der Waals surface area contributed by atoms with Crippen molar-refractivity contribution in [2.24, 2.45) is 0 Å². The van der Waals surface area contributed by atoms with Crippen LogP contribution in [-0.2, 0) is 11.3 Å². The van der Waals surface area contributed by atoms with Crippen molar-refractivity contribution in [3.63, 3.8) is 0 Å². The molecule has 2 aromatic rings. The molecule has 4 rings (SSSR count). The van der Waals surface area contributed by atoms with E-state index in [4.69, 9.17) is 4.42 Å². The number of nitrogens with one attached hydrogen (secondary N) is 2. The molecular weight excluding hydrogens is 318 g/mol. The van der Waals surface area contributed by atoms with Gasteiger partial charge in [-0.15, -0.1) is 0 Å². The molecule has 7 heteroatoms. The van der Waals surface area contributed by atoms with E-state index in [0.717, 1.165) is 44.2 Å². The van der Waals surface area contributed by atoms with Crippen LogP contribution in [0, 0.1) is 0 Å². The maximum Gasteiger partial charge on any atom is 0.241 e. The molecule has 0 bridgehead atoms. The Morgan fingerprint density at radius 1 is 1.16 bits per heavy atom. The van der Waals surface area contributed by atoms with Crippen molar-refractivity contribution in [3.8, 4) is 0 Å². The Morgan fingerprint density at radius 2 is 2.04 bits per heavy atom. The highest BCUT2D eigenvalue weighted by molar-refractivity contribution is 5.82. The van der Waals surface area contributed by atoms with Crippen LogP contribution in [0.2, 0.25) is 0 Å². The Morgan fingerprint density at radius 3 is 2.76 bits per heavy atom. The van der Waals surface area contributed by atoms with Gasteiger partial charge in [0, 0.05) is 38.9 Å². The van der Waals surface area contributed by atoms with Crippen molar-refractivity contribution in [2.45, 2.75) is 25.0 Å². The Labute approximate surface area is 147 Å². The Balaban J connectivity index is 1.27. The van der Waals surface area contributed by atoms with E-state index in [1.54, 1.807) is 6.26 Å². The molecule has 4 heterocycles. The highest BCUT2D eigenvalue weighted by Crippen LogP contribution is 2.23. The van der Waals surface area contributed by atoms with Gasteiger partial charge in [0.15, 0.2) is 0 Å². The number of amides is 1. The van der Waals surface area contributed by atoms with Crippen molar-refractivity contribution < 1.29 is 9.21 Å². The molecule has 7 nitrogen and oxygen atoms in total. The smallest absolute Gasteiger partial charge is 0.241 e. The Kier molecular flexibility index (Phi) is 4.78. The fourth-order valence-electron chi connectivity index (χ4n) is 3.46. The maximum absolute atomic E-state index is 12.7. The van der Waals surface area contributed by atoms with Crippen LogP contribution in [0.5, 0.6) is 0 Å². The van der Waals surface area contributed by atoms with Gasteiger partial charge in [0.2, 0.25) is 5.91 Å². The highest BCUT2D eigenvalue weighted by atomic mass is 16.3. The Hall–Kier alpha value is -2.22. The van der Waals surface area contributed by atoms with Crippen molar-refractivity contribution in [3.05, 3.63) is 54.2 Å². The number of aromatic nitrogens is 1.